The third-order valence-electron chi connectivity index (χ3n) is 5.77. The van der Waals surface area contributed by atoms with Crippen LogP contribution >= 0.6 is 0 Å². The molecular weight excluding hydrogens is 406 g/mol. The van der Waals surface area contributed by atoms with Crippen molar-refractivity contribution in [3.8, 4) is 0 Å². The summed E-state index contributed by atoms with van der Waals surface area (Å²) >= 11 is 0. The van der Waals surface area contributed by atoms with Crippen molar-refractivity contribution >= 4 is 8.32 Å². The Bertz CT molecular complexity index is 819. The summed E-state index contributed by atoms with van der Waals surface area (Å²) < 4.78 is 18.9. The molecule has 2 rings (SSSR count). The van der Waals surface area contributed by atoms with Gasteiger partial charge in [-0.15, -0.1) is 0 Å². The van der Waals surface area contributed by atoms with Gasteiger partial charge in [0.15, 0.2) is 8.32 Å². The normalized spacial score (nSPS) is 14.0. The Balaban J connectivity index is 2.15. The van der Waals surface area contributed by atoms with Crippen LogP contribution in [0, 0.1) is 0 Å². The minimum atomic E-state index is -1.98. The first-order chi connectivity index (χ1) is 14.7. The van der Waals surface area contributed by atoms with Crippen molar-refractivity contribution in [3.05, 3.63) is 82.2 Å². The number of benzene rings is 2. The summed E-state index contributed by atoms with van der Waals surface area (Å²) in [5, 5.41) is 3.87. The number of nitrogens with zero attached hydrogens (tertiary/aromatic N) is 3. The van der Waals surface area contributed by atoms with Crippen molar-refractivity contribution in [1.82, 2.24) is 0 Å². The van der Waals surface area contributed by atoms with E-state index in [1.54, 1.807) is 0 Å². The lowest BCUT2D eigenvalue weighted by atomic mass is 10.2. The van der Waals surface area contributed by atoms with Crippen molar-refractivity contribution in [2.45, 2.75) is 64.3 Å². The maximum Gasteiger partial charge on any atom is 0.192 e. The molecule has 0 unspecified atom stereocenters. The Morgan fingerprint density at radius 1 is 0.871 bits per heavy atom. The fourth-order valence-corrected chi connectivity index (χ4v) is 3.73. The maximum absolute atomic E-state index is 8.89. The Kier molecular flexibility index (Phi) is 9.74. The van der Waals surface area contributed by atoms with Gasteiger partial charge in [0.25, 0.3) is 0 Å². The van der Waals surface area contributed by atoms with Gasteiger partial charge in [0.1, 0.15) is 6.10 Å². The summed E-state index contributed by atoms with van der Waals surface area (Å²) in [5.74, 6) is 0. The van der Waals surface area contributed by atoms with Crippen molar-refractivity contribution < 1.29 is 13.9 Å². The highest BCUT2D eigenvalue weighted by atomic mass is 28.4. The van der Waals surface area contributed by atoms with Crippen LogP contribution in [0.4, 0.5) is 0 Å². The molecule has 2 aromatic carbocycles. The van der Waals surface area contributed by atoms with E-state index in [0.717, 1.165) is 11.1 Å². The molecule has 0 aliphatic carbocycles. The highest BCUT2D eigenvalue weighted by Crippen LogP contribution is 2.36. The predicted molar refractivity (Wildman–Crippen MR) is 127 cm³/mol. The minimum absolute atomic E-state index is 0.0855. The van der Waals surface area contributed by atoms with Crippen molar-refractivity contribution in [2.75, 3.05) is 13.2 Å². The SMILES string of the molecule is CC(C)(C)[Si](C)(C)OC[C@H](OCc1ccccc1)[C@H](CN=[N+]=[N-])OCc1ccccc1. The highest BCUT2D eigenvalue weighted by molar-refractivity contribution is 6.74. The molecule has 6 nitrogen and oxygen atoms in total. The Hall–Kier alpha value is -2.15. The number of ether oxygens (including phenoxy) is 2. The number of hydrogen-bond donors (Lipinski definition) is 0. The molecular formula is C24H35N3O3Si. The van der Waals surface area contributed by atoms with Crippen molar-refractivity contribution in [2.24, 2.45) is 5.11 Å². The summed E-state index contributed by atoms with van der Waals surface area (Å²) in [6.07, 6.45) is -0.770. The zero-order chi connectivity index (χ0) is 22.7. The molecule has 0 aromatic heterocycles. The van der Waals surface area contributed by atoms with E-state index in [-0.39, 0.29) is 17.7 Å². The van der Waals surface area contributed by atoms with Crippen LogP contribution in [-0.4, -0.2) is 33.7 Å². The van der Waals surface area contributed by atoms with E-state index in [1.165, 1.54) is 0 Å². The van der Waals surface area contributed by atoms with Gasteiger partial charge in [0.05, 0.1) is 32.5 Å². The summed E-state index contributed by atoms with van der Waals surface area (Å²) in [5.41, 5.74) is 11.0. The largest absolute Gasteiger partial charge is 0.414 e. The zero-order valence-electron chi connectivity index (χ0n) is 19.3. The zero-order valence-corrected chi connectivity index (χ0v) is 20.3. The van der Waals surface area contributed by atoms with Crippen LogP contribution in [0.2, 0.25) is 18.1 Å². The number of hydrogen-bond acceptors (Lipinski definition) is 4. The number of rotatable bonds is 12. The fourth-order valence-electron chi connectivity index (χ4n) is 2.72. The third kappa shape index (κ3) is 8.48. The molecule has 7 heteroatoms. The van der Waals surface area contributed by atoms with E-state index in [9.17, 15) is 0 Å². The fraction of sp³-hybridized carbons (Fsp3) is 0.500. The van der Waals surface area contributed by atoms with Gasteiger partial charge in [-0.1, -0.05) is 86.5 Å². The molecule has 0 N–H and O–H groups in total. The lowest BCUT2D eigenvalue weighted by Crippen LogP contribution is -2.46. The van der Waals surface area contributed by atoms with Crippen LogP contribution in [-0.2, 0) is 27.1 Å². The molecule has 0 saturated carbocycles. The molecule has 0 fully saturated rings. The third-order valence-corrected chi connectivity index (χ3v) is 10.3. The molecule has 0 amide bonds. The van der Waals surface area contributed by atoms with Crippen LogP contribution in [0.15, 0.2) is 65.8 Å². The molecule has 0 bridgehead atoms. The standard InChI is InChI=1S/C24H35N3O3Si/c1-24(2,3)31(4,5)30-19-23(29-18-21-14-10-7-11-15-21)22(16-26-27-25)28-17-20-12-8-6-9-13-20/h6-15,22-23H,16-19H2,1-5H3/t22-,23-/m0/s1. The molecule has 0 aliphatic rings. The van der Waals surface area contributed by atoms with Crippen LogP contribution in [0.1, 0.15) is 31.9 Å². The van der Waals surface area contributed by atoms with Gasteiger partial charge in [0.2, 0.25) is 0 Å². The van der Waals surface area contributed by atoms with Crippen LogP contribution in [0.25, 0.3) is 10.4 Å². The molecule has 0 aliphatic heterocycles. The van der Waals surface area contributed by atoms with Gasteiger partial charge in [-0.05, 0) is 34.8 Å². The monoisotopic (exact) mass is 441 g/mol. The smallest absolute Gasteiger partial charge is 0.192 e. The van der Waals surface area contributed by atoms with E-state index in [2.05, 4.69) is 43.9 Å². The second-order valence-corrected chi connectivity index (χ2v) is 14.0. The first-order valence-electron chi connectivity index (χ1n) is 10.7. The van der Waals surface area contributed by atoms with Gasteiger partial charge in [0, 0.05) is 4.91 Å². The summed E-state index contributed by atoms with van der Waals surface area (Å²) in [7, 11) is -1.98. The topological polar surface area (TPSA) is 76.5 Å². The van der Waals surface area contributed by atoms with Crippen molar-refractivity contribution in [3.63, 3.8) is 0 Å². The first kappa shape index (κ1) is 25.1. The Morgan fingerprint density at radius 3 is 1.81 bits per heavy atom. The summed E-state index contributed by atoms with van der Waals surface area (Å²) in [4.78, 5) is 2.94. The van der Waals surface area contributed by atoms with Gasteiger partial charge >= 0.3 is 0 Å². The Morgan fingerprint density at radius 2 is 1.35 bits per heavy atom. The molecule has 2 aromatic rings. The average Bonchev–Trinajstić information content (AvgIpc) is 2.75. The van der Waals surface area contributed by atoms with E-state index in [1.807, 2.05) is 60.7 Å². The van der Waals surface area contributed by atoms with Crippen LogP contribution in [0.3, 0.4) is 0 Å². The molecule has 168 valence electrons. The molecule has 0 radical (unpaired) electrons. The maximum atomic E-state index is 8.89. The molecule has 0 heterocycles. The lowest BCUT2D eigenvalue weighted by molar-refractivity contribution is -0.0974. The highest BCUT2D eigenvalue weighted by Gasteiger charge is 2.38. The Labute approximate surface area is 187 Å². The van der Waals surface area contributed by atoms with E-state index in [4.69, 9.17) is 19.4 Å². The van der Waals surface area contributed by atoms with Gasteiger partial charge in [-0.25, -0.2) is 0 Å². The van der Waals surface area contributed by atoms with Crippen LogP contribution in [0.5, 0.6) is 0 Å². The minimum Gasteiger partial charge on any atom is -0.414 e. The van der Waals surface area contributed by atoms with Crippen molar-refractivity contribution in [1.29, 1.82) is 0 Å². The van der Waals surface area contributed by atoms with E-state index < -0.39 is 14.4 Å². The predicted octanol–water partition coefficient (Wildman–Crippen LogP) is 6.49. The summed E-state index contributed by atoms with van der Waals surface area (Å²) in [6.45, 7) is 12.5. The van der Waals surface area contributed by atoms with Gasteiger partial charge in [-0.2, -0.15) is 0 Å². The second kappa shape index (κ2) is 12.0. The average molecular weight is 442 g/mol. The second-order valence-electron chi connectivity index (χ2n) is 9.15. The molecule has 2 atom stereocenters. The number of azide groups is 1. The van der Waals surface area contributed by atoms with Gasteiger partial charge < -0.3 is 13.9 Å². The first-order valence-corrected chi connectivity index (χ1v) is 13.6. The quantitative estimate of drug-likeness (QED) is 0.163. The van der Waals surface area contributed by atoms with Gasteiger partial charge in [-0.3, -0.25) is 0 Å². The molecule has 0 saturated heterocycles. The summed E-state index contributed by atoms with van der Waals surface area (Å²) in [6, 6.07) is 20.0. The lowest BCUT2D eigenvalue weighted by Gasteiger charge is -2.38. The van der Waals surface area contributed by atoms with E-state index in [0.29, 0.717) is 19.8 Å². The van der Waals surface area contributed by atoms with E-state index >= 15 is 0 Å². The molecule has 0 spiro atoms. The molecule has 31 heavy (non-hydrogen) atoms. The van der Waals surface area contributed by atoms with Crippen LogP contribution < -0.4 is 0 Å².